The van der Waals surface area contributed by atoms with Crippen LogP contribution in [0.25, 0.3) is 0 Å². The average Bonchev–Trinajstić information content (AvgIpc) is 2.77. The molecule has 1 aliphatic heterocycles. The van der Waals surface area contributed by atoms with Gasteiger partial charge in [-0.3, -0.25) is 0 Å². The molecular weight excluding hydrogens is 383 g/mol. The molecule has 0 saturated carbocycles. The van der Waals surface area contributed by atoms with Crippen molar-refractivity contribution in [2.45, 2.75) is 39.3 Å². The Bertz CT molecular complexity index is 1020. The van der Waals surface area contributed by atoms with Crippen molar-refractivity contribution in [1.82, 2.24) is 0 Å². The Labute approximate surface area is 175 Å². The molecule has 0 spiro atoms. The lowest BCUT2D eigenvalue weighted by Gasteiger charge is -2.28. The second kappa shape index (κ2) is 9.09. The quantitative estimate of drug-likeness (QED) is 0.517. The van der Waals surface area contributed by atoms with Crippen molar-refractivity contribution in [3.05, 3.63) is 94.8 Å². The summed E-state index contributed by atoms with van der Waals surface area (Å²) in [6, 6.07) is 20.1. The molecule has 5 heteroatoms. The van der Waals surface area contributed by atoms with Crippen LogP contribution in [0, 0.1) is 5.82 Å². The highest BCUT2D eigenvalue weighted by molar-refractivity contribution is 5.75. The van der Waals surface area contributed by atoms with Crippen LogP contribution >= 0.6 is 0 Å². The SMILES string of the molecule is CC(=O)CCc1ccc(OCc2cc(F)cc3c2O[C@@H](c2ccccc2)OC3)cc1. The second-order valence-corrected chi connectivity index (χ2v) is 7.36. The maximum atomic E-state index is 14.1. The first-order valence-electron chi connectivity index (χ1n) is 9.94. The molecule has 0 N–H and O–H groups in total. The minimum atomic E-state index is -0.538. The molecule has 30 heavy (non-hydrogen) atoms. The van der Waals surface area contributed by atoms with Gasteiger partial charge in [-0.15, -0.1) is 0 Å². The van der Waals surface area contributed by atoms with Gasteiger partial charge in [-0.25, -0.2) is 4.39 Å². The van der Waals surface area contributed by atoms with E-state index in [1.165, 1.54) is 12.1 Å². The lowest BCUT2D eigenvalue weighted by Crippen LogP contribution is -2.19. The van der Waals surface area contributed by atoms with Gasteiger partial charge in [0.05, 0.1) is 6.61 Å². The number of ketones is 1. The summed E-state index contributed by atoms with van der Waals surface area (Å²) in [5.41, 5.74) is 3.28. The Hall–Kier alpha value is -3.18. The van der Waals surface area contributed by atoms with Gasteiger partial charge in [0.25, 0.3) is 0 Å². The van der Waals surface area contributed by atoms with Crippen molar-refractivity contribution in [2.75, 3.05) is 0 Å². The van der Waals surface area contributed by atoms with E-state index in [9.17, 15) is 9.18 Å². The Kier molecular flexibility index (Phi) is 6.10. The summed E-state index contributed by atoms with van der Waals surface area (Å²) < 4.78 is 31.8. The summed E-state index contributed by atoms with van der Waals surface area (Å²) in [5.74, 6) is 1.10. The molecule has 1 atom stereocenters. The van der Waals surface area contributed by atoms with Crippen molar-refractivity contribution in [2.24, 2.45) is 0 Å². The van der Waals surface area contributed by atoms with Crippen LogP contribution in [0.2, 0.25) is 0 Å². The van der Waals surface area contributed by atoms with Gasteiger partial charge in [-0.05, 0) is 43.2 Å². The van der Waals surface area contributed by atoms with E-state index in [-0.39, 0.29) is 24.8 Å². The van der Waals surface area contributed by atoms with Crippen LogP contribution < -0.4 is 9.47 Å². The van der Waals surface area contributed by atoms with Crippen LogP contribution in [0.15, 0.2) is 66.7 Å². The summed E-state index contributed by atoms with van der Waals surface area (Å²) in [6.07, 6.45) is 0.697. The standard InChI is InChI=1S/C25H23FO4/c1-17(27)7-8-18-9-11-23(12-10-18)28-15-20-13-22(26)14-21-16-29-25(30-24(20)21)19-5-3-2-4-6-19/h2-6,9-14,25H,7-8,15-16H2,1H3/t25-/m0/s1. The average molecular weight is 406 g/mol. The minimum absolute atomic E-state index is 0.170. The summed E-state index contributed by atoms with van der Waals surface area (Å²) in [6.45, 7) is 2.03. The predicted molar refractivity (Wildman–Crippen MR) is 111 cm³/mol. The number of halogens is 1. The third-order valence-corrected chi connectivity index (χ3v) is 4.98. The topological polar surface area (TPSA) is 44.8 Å². The van der Waals surface area contributed by atoms with Gasteiger partial charge in [-0.2, -0.15) is 0 Å². The number of carbonyl (C=O) groups excluding carboxylic acids is 1. The summed E-state index contributed by atoms with van der Waals surface area (Å²) in [7, 11) is 0. The number of carbonyl (C=O) groups is 1. The van der Waals surface area contributed by atoms with Gasteiger partial charge in [0.1, 0.15) is 29.7 Å². The Balaban J connectivity index is 1.47. The molecule has 0 radical (unpaired) electrons. The fourth-order valence-electron chi connectivity index (χ4n) is 3.39. The van der Waals surface area contributed by atoms with Crippen LogP contribution in [0.3, 0.4) is 0 Å². The lowest BCUT2D eigenvalue weighted by atomic mass is 10.1. The number of rotatable bonds is 7. The molecule has 3 aromatic carbocycles. The number of fused-ring (bicyclic) bond motifs is 1. The Morgan fingerprint density at radius 3 is 2.60 bits per heavy atom. The van der Waals surface area contributed by atoms with Crippen molar-refractivity contribution in [3.8, 4) is 11.5 Å². The number of ether oxygens (including phenoxy) is 3. The van der Waals surface area contributed by atoms with Gasteiger partial charge in [0, 0.05) is 23.1 Å². The van der Waals surface area contributed by atoms with E-state index < -0.39 is 6.29 Å². The molecule has 3 aromatic rings. The van der Waals surface area contributed by atoms with Crippen LogP contribution in [-0.4, -0.2) is 5.78 Å². The van der Waals surface area contributed by atoms with E-state index in [1.54, 1.807) is 6.92 Å². The van der Waals surface area contributed by atoms with Crippen LogP contribution in [0.1, 0.15) is 41.9 Å². The fraction of sp³-hybridized carbons (Fsp3) is 0.240. The smallest absolute Gasteiger partial charge is 0.227 e. The Morgan fingerprint density at radius 1 is 1.10 bits per heavy atom. The van der Waals surface area contributed by atoms with E-state index in [4.69, 9.17) is 14.2 Å². The van der Waals surface area contributed by atoms with Gasteiger partial charge < -0.3 is 19.0 Å². The predicted octanol–water partition coefficient (Wildman–Crippen LogP) is 5.53. The van der Waals surface area contributed by atoms with Crippen molar-refractivity contribution in [1.29, 1.82) is 0 Å². The highest BCUT2D eigenvalue weighted by Gasteiger charge is 2.25. The molecule has 154 valence electrons. The van der Waals surface area contributed by atoms with E-state index in [0.29, 0.717) is 35.5 Å². The largest absolute Gasteiger partial charge is 0.489 e. The van der Waals surface area contributed by atoms with Crippen molar-refractivity contribution in [3.63, 3.8) is 0 Å². The lowest BCUT2D eigenvalue weighted by molar-refractivity contribution is -0.117. The highest BCUT2D eigenvalue weighted by atomic mass is 19.1. The zero-order valence-corrected chi connectivity index (χ0v) is 16.8. The van der Waals surface area contributed by atoms with Crippen molar-refractivity contribution >= 4 is 5.78 Å². The normalized spacial score (nSPS) is 15.2. The second-order valence-electron chi connectivity index (χ2n) is 7.36. The van der Waals surface area contributed by atoms with Gasteiger partial charge in [0.15, 0.2) is 0 Å². The van der Waals surface area contributed by atoms with E-state index in [1.807, 2.05) is 54.6 Å². The summed E-state index contributed by atoms with van der Waals surface area (Å²) in [4.78, 5) is 11.1. The number of aryl methyl sites for hydroxylation is 1. The summed E-state index contributed by atoms with van der Waals surface area (Å²) >= 11 is 0. The van der Waals surface area contributed by atoms with E-state index >= 15 is 0 Å². The molecule has 0 aromatic heterocycles. The molecule has 0 unspecified atom stereocenters. The molecule has 1 aliphatic rings. The minimum Gasteiger partial charge on any atom is -0.489 e. The first kappa shape index (κ1) is 20.1. The van der Waals surface area contributed by atoms with Crippen LogP contribution in [0.4, 0.5) is 4.39 Å². The monoisotopic (exact) mass is 406 g/mol. The number of benzene rings is 3. The van der Waals surface area contributed by atoms with Gasteiger partial charge >= 0.3 is 0 Å². The van der Waals surface area contributed by atoms with E-state index in [2.05, 4.69) is 0 Å². The molecule has 0 fully saturated rings. The first-order valence-corrected chi connectivity index (χ1v) is 9.94. The van der Waals surface area contributed by atoms with Crippen molar-refractivity contribution < 1.29 is 23.4 Å². The van der Waals surface area contributed by atoms with E-state index in [0.717, 1.165) is 11.1 Å². The zero-order valence-electron chi connectivity index (χ0n) is 16.8. The van der Waals surface area contributed by atoms with Gasteiger partial charge in [0.2, 0.25) is 6.29 Å². The molecule has 0 saturated heterocycles. The molecule has 1 heterocycles. The maximum absolute atomic E-state index is 14.1. The third-order valence-electron chi connectivity index (χ3n) is 4.98. The number of Topliss-reactive ketones (excluding diaryl/α,β-unsaturated/α-hetero) is 1. The fourth-order valence-corrected chi connectivity index (χ4v) is 3.39. The maximum Gasteiger partial charge on any atom is 0.227 e. The number of hydrogen-bond acceptors (Lipinski definition) is 4. The Morgan fingerprint density at radius 2 is 1.87 bits per heavy atom. The molecule has 0 bridgehead atoms. The first-order chi connectivity index (χ1) is 14.6. The van der Waals surface area contributed by atoms with Gasteiger partial charge in [-0.1, -0.05) is 42.5 Å². The molecule has 4 nitrogen and oxygen atoms in total. The molecule has 0 aliphatic carbocycles. The molecular formula is C25H23FO4. The van der Waals surface area contributed by atoms with Crippen LogP contribution in [0.5, 0.6) is 11.5 Å². The third kappa shape index (κ3) is 4.86. The molecule has 0 amide bonds. The van der Waals surface area contributed by atoms with Crippen LogP contribution in [-0.2, 0) is 29.2 Å². The zero-order chi connectivity index (χ0) is 20.9. The highest BCUT2D eigenvalue weighted by Crippen LogP contribution is 2.37. The summed E-state index contributed by atoms with van der Waals surface area (Å²) in [5, 5.41) is 0. The number of hydrogen-bond donors (Lipinski definition) is 0. The molecule has 4 rings (SSSR count).